The summed E-state index contributed by atoms with van der Waals surface area (Å²) in [5.41, 5.74) is 3.09. The molecule has 0 atom stereocenters. The summed E-state index contributed by atoms with van der Waals surface area (Å²) in [5.74, 6) is 0.0660. The van der Waals surface area contributed by atoms with E-state index in [2.05, 4.69) is 0 Å². The minimum Gasteiger partial charge on any atom is -0.381 e. The van der Waals surface area contributed by atoms with E-state index in [1.807, 2.05) is 60.4 Å². The molecule has 1 aliphatic heterocycles. The minimum atomic E-state index is 0.0229. The Kier molecular flexibility index (Phi) is 5.84. The molecule has 4 heteroatoms. The Labute approximate surface area is 154 Å². The molecule has 2 aromatic carbocycles. The molecule has 1 aliphatic rings. The van der Waals surface area contributed by atoms with Gasteiger partial charge >= 0.3 is 0 Å². The molecular weight excluding hydrogens is 326 g/mol. The zero-order valence-electron chi connectivity index (χ0n) is 15.4. The van der Waals surface area contributed by atoms with E-state index < -0.39 is 0 Å². The highest BCUT2D eigenvalue weighted by atomic mass is 16.5. The Morgan fingerprint density at radius 2 is 1.81 bits per heavy atom. The number of amides is 1. The maximum Gasteiger partial charge on any atom is 0.254 e. The summed E-state index contributed by atoms with van der Waals surface area (Å²) < 4.78 is 5.42. The van der Waals surface area contributed by atoms with Crippen LogP contribution in [0.15, 0.2) is 48.5 Å². The Balaban J connectivity index is 1.91. The van der Waals surface area contributed by atoms with Gasteiger partial charge in [0.25, 0.3) is 5.91 Å². The van der Waals surface area contributed by atoms with Gasteiger partial charge in [0, 0.05) is 36.9 Å². The number of hydrogen-bond acceptors (Lipinski definition) is 3. The van der Waals surface area contributed by atoms with Crippen molar-refractivity contribution in [3.8, 4) is 11.1 Å². The number of Topliss-reactive ketones (excluding diaryl/α,β-unsaturated/α-hetero) is 1. The van der Waals surface area contributed by atoms with E-state index >= 15 is 0 Å². The molecule has 0 saturated carbocycles. The van der Waals surface area contributed by atoms with Crippen molar-refractivity contribution in [3.63, 3.8) is 0 Å². The molecule has 3 rings (SSSR count). The number of hydrogen-bond donors (Lipinski definition) is 0. The summed E-state index contributed by atoms with van der Waals surface area (Å²) in [6.07, 6.45) is 1.76. The first-order valence-corrected chi connectivity index (χ1v) is 9.21. The lowest BCUT2D eigenvalue weighted by molar-refractivity contribution is 0.0305. The number of ketones is 1. The van der Waals surface area contributed by atoms with Gasteiger partial charge in [0.05, 0.1) is 0 Å². The van der Waals surface area contributed by atoms with Crippen LogP contribution in [0.5, 0.6) is 0 Å². The molecule has 26 heavy (non-hydrogen) atoms. The molecule has 0 N–H and O–H groups in total. The molecule has 2 aromatic rings. The van der Waals surface area contributed by atoms with Crippen molar-refractivity contribution in [2.45, 2.75) is 32.7 Å². The van der Waals surface area contributed by atoms with Crippen LogP contribution in [0.25, 0.3) is 11.1 Å². The zero-order chi connectivity index (χ0) is 18.5. The van der Waals surface area contributed by atoms with Gasteiger partial charge in [-0.2, -0.15) is 0 Å². The predicted molar refractivity (Wildman–Crippen MR) is 102 cm³/mol. The Morgan fingerprint density at radius 3 is 2.50 bits per heavy atom. The smallest absolute Gasteiger partial charge is 0.254 e. The van der Waals surface area contributed by atoms with E-state index in [4.69, 9.17) is 4.74 Å². The first kappa shape index (κ1) is 18.3. The highest BCUT2D eigenvalue weighted by molar-refractivity contribution is 6.02. The van der Waals surface area contributed by atoms with E-state index in [-0.39, 0.29) is 17.7 Å². The van der Waals surface area contributed by atoms with Crippen LogP contribution < -0.4 is 0 Å². The van der Waals surface area contributed by atoms with Crippen molar-refractivity contribution in [2.24, 2.45) is 0 Å². The molecule has 0 aromatic heterocycles. The Hall–Kier alpha value is -2.46. The number of ether oxygens (including phenoxy) is 1. The summed E-state index contributed by atoms with van der Waals surface area (Å²) in [4.78, 5) is 27.0. The summed E-state index contributed by atoms with van der Waals surface area (Å²) in [6.45, 7) is 5.68. The third-order valence-electron chi connectivity index (χ3n) is 4.96. The average Bonchev–Trinajstić information content (AvgIpc) is 2.69. The second-order valence-electron chi connectivity index (χ2n) is 6.62. The maximum absolute atomic E-state index is 13.1. The summed E-state index contributed by atoms with van der Waals surface area (Å²) in [6, 6.07) is 15.3. The SMILES string of the molecule is CCN(C(=O)c1cccc(-c2ccccc2C(C)=O)c1)C1CCOCC1. The van der Waals surface area contributed by atoms with E-state index in [1.54, 1.807) is 6.92 Å². The van der Waals surface area contributed by atoms with Gasteiger partial charge in [-0.15, -0.1) is 0 Å². The van der Waals surface area contributed by atoms with Gasteiger partial charge in [0.15, 0.2) is 5.78 Å². The van der Waals surface area contributed by atoms with Crippen LogP contribution in [-0.4, -0.2) is 42.4 Å². The summed E-state index contributed by atoms with van der Waals surface area (Å²) in [7, 11) is 0. The number of nitrogens with zero attached hydrogens (tertiary/aromatic N) is 1. The van der Waals surface area contributed by atoms with Gasteiger partial charge in [-0.1, -0.05) is 36.4 Å². The fraction of sp³-hybridized carbons (Fsp3) is 0.364. The molecule has 0 spiro atoms. The van der Waals surface area contributed by atoms with Gasteiger partial charge in [-0.3, -0.25) is 9.59 Å². The first-order chi connectivity index (χ1) is 12.6. The van der Waals surface area contributed by atoms with E-state index in [0.29, 0.717) is 30.9 Å². The lowest BCUT2D eigenvalue weighted by atomic mass is 9.96. The van der Waals surface area contributed by atoms with Crippen molar-refractivity contribution in [1.29, 1.82) is 0 Å². The molecule has 136 valence electrons. The number of benzene rings is 2. The van der Waals surface area contributed by atoms with Gasteiger partial charge in [0.2, 0.25) is 0 Å². The third-order valence-corrected chi connectivity index (χ3v) is 4.96. The second-order valence-corrected chi connectivity index (χ2v) is 6.62. The summed E-state index contributed by atoms with van der Waals surface area (Å²) in [5, 5.41) is 0. The second kappa shape index (κ2) is 8.28. The molecule has 1 heterocycles. The molecule has 1 fully saturated rings. The highest BCUT2D eigenvalue weighted by Crippen LogP contribution is 2.26. The maximum atomic E-state index is 13.1. The lowest BCUT2D eigenvalue weighted by Gasteiger charge is -2.33. The van der Waals surface area contributed by atoms with Crippen molar-refractivity contribution < 1.29 is 14.3 Å². The molecule has 0 aliphatic carbocycles. The molecule has 0 radical (unpaired) electrons. The van der Waals surface area contributed by atoms with Crippen LogP contribution in [0, 0.1) is 0 Å². The lowest BCUT2D eigenvalue weighted by Crippen LogP contribution is -2.43. The van der Waals surface area contributed by atoms with Crippen LogP contribution in [0.4, 0.5) is 0 Å². The highest BCUT2D eigenvalue weighted by Gasteiger charge is 2.25. The molecule has 1 saturated heterocycles. The minimum absolute atomic E-state index is 0.0229. The van der Waals surface area contributed by atoms with Crippen molar-refractivity contribution >= 4 is 11.7 Å². The quantitative estimate of drug-likeness (QED) is 0.759. The van der Waals surface area contributed by atoms with Crippen LogP contribution in [0.1, 0.15) is 47.4 Å². The topological polar surface area (TPSA) is 46.6 Å². The standard InChI is InChI=1S/C22H25NO3/c1-3-23(19-11-13-26-14-12-19)22(25)18-8-6-7-17(15-18)21-10-5-4-9-20(21)16(2)24/h4-10,15,19H,3,11-14H2,1-2H3. The van der Waals surface area contributed by atoms with Crippen molar-refractivity contribution in [3.05, 3.63) is 59.7 Å². The van der Waals surface area contributed by atoms with E-state index in [9.17, 15) is 9.59 Å². The number of carbonyl (C=O) groups excluding carboxylic acids is 2. The van der Waals surface area contributed by atoms with E-state index in [0.717, 1.165) is 24.0 Å². The summed E-state index contributed by atoms with van der Waals surface area (Å²) >= 11 is 0. The third kappa shape index (κ3) is 3.86. The molecule has 0 unspecified atom stereocenters. The monoisotopic (exact) mass is 351 g/mol. The first-order valence-electron chi connectivity index (χ1n) is 9.21. The number of carbonyl (C=O) groups is 2. The largest absolute Gasteiger partial charge is 0.381 e. The van der Waals surface area contributed by atoms with Gasteiger partial charge in [-0.05, 0) is 49.9 Å². The fourth-order valence-electron chi connectivity index (χ4n) is 3.59. The van der Waals surface area contributed by atoms with Crippen molar-refractivity contribution in [1.82, 2.24) is 4.90 Å². The Bertz CT molecular complexity index is 793. The van der Waals surface area contributed by atoms with Crippen LogP contribution in [0.2, 0.25) is 0 Å². The van der Waals surface area contributed by atoms with Gasteiger partial charge < -0.3 is 9.64 Å². The average molecular weight is 351 g/mol. The van der Waals surface area contributed by atoms with E-state index in [1.165, 1.54) is 0 Å². The van der Waals surface area contributed by atoms with Gasteiger partial charge in [-0.25, -0.2) is 0 Å². The van der Waals surface area contributed by atoms with Crippen molar-refractivity contribution in [2.75, 3.05) is 19.8 Å². The fourth-order valence-corrected chi connectivity index (χ4v) is 3.59. The molecular formula is C22H25NO3. The zero-order valence-corrected chi connectivity index (χ0v) is 15.4. The van der Waals surface area contributed by atoms with Crippen LogP contribution in [0.3, 0.4) is 0 Å². The Morgan fingerprint density at radius 1 is 1.08 bits per heavy atom. The normalized spacial score (nSPS) is 14.8. The van der Waals surface area contributed by atoms with Gasteiger partial charge in [0.1, 0.15) is 0 Å². The van der Waals surface area contributed by atoms with Crippen LogP contribution >= 0.6 is 0 Å². The number of rotatable bonds is 5. The van der Waals surface area contributed by atoms with Crippen LogP contribution in [-0.2, 0) is 4.74 Å². The predicted octanol–water partition coefficient (Wildman–Crippen LogP) is 4.20. The molecule has 0 bridgehead atoms. The molecule has 1 amide bonds. The molecule has 4 nitrogen and oxygen atoms in total.